The summed E-state index contributed by atoms with van der Waals surface area (Å²) in [6.45, 7) is 5.98. The van der Waals surface area contributed by atoms with Gasteiger partial charge in [-0.15, -0.1) is 11.8 Å². The van der Waals surface area contributed by atoms with Crippen LogP contribution in [-0.2, 0) is 21.5 Å². The van der Waals surface area contributed by atoms with E-state index in [2.05, 4.69) is 5.32 Å². The number of carbonyl (C=O) groups excluding carboxylic acids is 2. The number of hydrogen-bond donors (Lipinski definition) is 1. The van der Waals surface area contributed by atoms with Crippen LogP contribution < -0.4 is 10.2 Å². The molecule has 7 nitrogen and oxygen atoms in total. The molecule has 0 aliphatic carbocycles. The fourth-order valence-electron chi connectivity index (χ4n) is 4.53. The summed E-state index contributed by atoms with van der Waals surface area (Å²) in [4.78, 5) is 28.1. The Kier molecular flexibility index (Phi) is 7.31. The van der Waals surface area contributed by atoms with Gasteiger partial charge in [0.05, 0.1) is 35.2 Å². The SMILES string of the molecule is CC(C)(C)c1nn(-c2ccc(F)cc2)c2c1[C@H](c1ccc(F)cc1)SCC(=O)N2CC(=O)NCc1ccco1. The predicted molar refractivity (Wildman–Crippen MR) is 146 cm³/mol. The van der Waals surface area contributed by atoms with E-state index >= 15 is 0 Å². The highest BCUT2D eigenvalue weighted by molar-refractivity contribution is 8.00. The molecule has 0 fully saturated rings. The van der Waals surface area contributed by atoms with E-state index in [1.165, 1.54) is 47.2 Å². The lowest BCUT2D eigenvalue weighted by molar-refractivity contribution is -0.123. The Labute approximate surface area is 229 Å². The number of hydrogen-bond acceptors (Lipinski definition) is 5. The average molecular weight is 551 g/mol. The number of amides is 2. The maximum absolute atomic E-state index is 13.8. The number of fused-ring (bicyclic) bond motifs is 1. The van der Waals surface area contributed by atoms with Crippen LogP contribution in [0.4, 0.5) is 14.6 Å². The van der Waals surface area contributed by atoms with Gasteiger partial charge in [-0.2, -0.15) is 5.10 Å². The summed E-state index contributed by atoms with van der Waals surface area (Å²) >= 11 is 1.40. The summed E-state index contributed by atoms with van der Waals surface area (Å²) in [5, 5.41) is 7.39. The van der Waals surface area contributed by atoms with E-state index in [1.54, 1.807) is 41.1 Å². The summed E-state index contributed by atoms with van der Waals surface area (Å²) in [5.41, 5.74) is 2.38. The van der Waals surface area contributed by atoms with Crippen LogP contribution in [-0.4, -0.2) is 33.9 Å². The second kappa shape index (κ2) is 10.7. The first-order chi connectivity index (χ1) is 18.6. The van der Waals surface area contributed by atoms with Crippen LogP contribution in [0.25, 0.3) is 5.69 Å². The van der Waals surface area contributed by atoms with Gasteiger partial charge in [0.25, 0.3) is 0 Å². The largest absolute Gasteiger partial charge is 0.467 e. The molecule has 1 N–H and O–H groups in total. The molecular formula is C29H28F2N4O3S. The van der Waals surface area contributed by atoms with Crippen LogP contribution in [0, 0.1) is 11.6 Å². The number of nitrogens with one attached hydrogen (secondary N) is 1. The molecule has 39 heavy (non-hydrogen) atoms. The first-order valence-electron chi connectivity index (χ1n) is 12.5. The molecule has 0 bridgehead atoms. The third-order valence-electron chi connectivity index (χ3n) is 6.39. The normalized spacial score (nSPS) is 15.7. The number of benzene rings is 2. The minimum Gasteiger partial charge on any atom is -0.467 e. The van der Waals surface area contributed by atoms with Crippen LogP contribution in [0.2, 0.25) is 0 Å². The lowest BCUT2D eigenvalue weighted by Crippen LogP contribution is -2.42. The van der Waals surface area contributed by atoms with E-state index in [9.17, 15) is 18.4 Å². The minimum absolute atomic E-state index is 0.0924. The quantitative estimate of drug-likeness (QED) is 0.342. The second-order valence-corrected chi connectivity index (χ2v) is 11.4. The zero-order valence-corrected chi connectivity index (χ0v) is 22.6. The van der Waals surface area contributed by atoms with E-state index in [0.29, 0.717) is 17.3 Å². The van der Waals surface area contributed by atoms with Crippen molar-refractivity contribution in [2.24, 2.45) is 0 Å². The van der Waals surface area contributed by atoms with Gasteiger partial charge in [-0.1, -0.05) is 32.9 Å². The number of halogens is 2. The van der Waals surface area contributed by atoms with Crippen molar-refractivity contribution < 1.29 is 22.8 Å². The Morgan fingerprint density at radius 3 is 2.36 bits per heavy atom. The molecule has 1 aliphatic heterocycles. The zero-order valence-electron chi connectivity index (χ0n) is 21.8. The van der Waals surface area contributed by atoms with Crippen molar-refractivity contribution in [3.63, 3.8) is 0 Å². The van der Waals surface area contributed by atoms with E-state index in [0.717, 1.165) is 16.8 Å². The van der Waals surface area contributed by atoms with Crippen molar-refractivity contribution in [2.45, 2.75) is 38.0 Å². The molecule has 0 saturated carbocycles. The van der Waals surface area contributed by atoms with Gasteiger partial charge in [-0.25, -0.2) is 13.5 Å². The molecular weight excluding hydrogens is 522 g/mol. The Bertz CT molecular complexity index is 1480. The molecule has 2 aromatic heterocycles. The summed E-state index contributed by atoms with van der Waals surface area (Å²) in [6.07, 6.45) is 1.52. The van der Waals surface area contributed by atoms with Gasteiger partial charge in [-0.3, -0.25) is 14.5 Å². The third-order valence-corrected chi connectivity index (χ3v) is 7.64. The number of nitrogens with zero attached hydrogens (tertiary/aromatic N) is 3. The van der Waals surface area contributed by atoms with Crippen LogP contribution in [0.15, 0.2) is 71.3 Å². The summed E-state index contributed by atoms with van der Waals surface area (Å²) < 4.78 is 34.6. The first-order valence-corrected chi connectivity index (χ1v) is 13.5. The van der Waals surface area contributed by atoms with E-state index in [1.807, 2.05) is 20.8 Å². The Hall–Kier alpha value is -3.92. The van der Waals surface area contributed by atoms with Crippen LogP contribution in [0.5, 0.6) is 0 Å². The third kappa shape index (κ3) is 5.61. The monoisotopic (exact) mass is 550 g/mol. The maximum Gasteiger partial charge on any atom is 0.240 e. The molecule has 2 amide bonds. The topological polar surface area (TPSA) is 80.4 Å². The molecule has 10 heteroatoms. The van der Waals surface area contributed by atoms with Gasteiger partial charge >= 0.3 is 0 Å². The van der Waals surface area contributed by atoms with Crippen molar-refractivity contribution in [1.29, 1.82) is 0 Å². The molecule has 0 unspecified atom stereocenters. The van der Waals surface area contributed by atoms with Crippen LogP contribution in [0.1, 0.15) is 48.6 Å². The Morgan fingerprint density at radius 2 is 1.74 bits per heavy atom. The lowest BCUT2D eigenvalue weighted by atomic mass is 9.87. The lowest BCUT2D eigenvalue weighted by Gasteiger charge is -2.24. The molecule has 1 aliphatic rings. The standard InChI is InChI=1S/C29H28F2N4O3S/c1-29(2,3)27-25-26(18-6-8-19(30)9-7-18)39-17-24(37)34(16-23(36)32-15-22-5-4-14-38-22)28(25)35(33-27)21-12-10-20(31)11-13-21/h4-14,26H,15-17H2,1-3H3,(H,32,36)/t26-/m0/s1. The van der Waals surface area contributed by atoms with E-state index < -0.39 is 11.2 Å². The van der Waals surface area contributed by atoms with Crippen molar-refractivity contribution in [3.05, 3.63) is 101 Å². The highest BCUT2D eigenvalue weighted by atomic mass is 32.2. The average Bonchev–Trinajstić information content (AvgIpc) is 3.53. The number of furan rings is 1. The van der Waals surface area contributed by atoms with Gasteiger partial charge in [0, 0.05) is 11.0 Å². The molecule has 202 valence electrons. The number of aromatic nitrogens is 2. The minimum atomic E-state index is -0.450. The highest BCUT2D eigenvalue weighted by Crippen LogP contribution is 2.48. The van der Waals surface area contributed by atoms with Gasteiger partial charge in [0.2, 0.25) is 11.8 Å². The number of rotatable bonds is 6. The van der Waals surface area contributed by atoms with Gasteiger partial charge in [0.15, 0.2) is 0 Å². The Morgan fingerprint density at radius 1 is 1.08 bits per heavy atom. The summed E-state index contributed by atoms with van der Waals surface area (Å²) in [6, 6.07) is 15.5. The van der Waals surface area contributed by atoms with E-state index in [-0.39, 0.29) is 41.7 Å². The Balaban J connectivity index is 1.66. The molecule has 2 aromatic carbocycles. The number of thioether (sulfide) groups is 1. The van der Waals surface area contributed by atoms with Gasteiger partial charge in [0.1, 0.15) is 29.8 Å². The fraction of sp³-hybridized carbons (Fsp3) is 0.276. The molecule has 3 heterocycles. The zero-order chi connectivity index (χ0) is 27.7. The molecule has 0 radical (unpaired) electrons. The van der Waals surface area contributed by atoms with Crippen molar-refractivity contribution in [3.8, 4) is 5.69 Å². The van der Waals surface area contributed by atoms with Crippen LogP contribution in [0.3, 0.4) is 0 Å². The van der Waals surface area contributed by atoms with Crippen molar-refractivity contribution in [2.75, 3.05) is 17.2 Å². The van der Waals surface area contributed by atoms with Crippen molar-refractivity contribution >= 4 is 29.4 Å². The summed E-state index contributed by atoms with van der Waals surface area (Å²) in [5.74, 6) is -0.300. The molecule has 4 aromatic rings. The molecule has 0 spiro atoms. The van der Waals surface area contributed by atoms with Gasteiger partial charge in [-0.05, 0) is 54.1 Å². The van der Waals surface area contributed by atoms with Crippen molar-refractivity contribution in [1.82, 2.24) is 15.1 Å². The molecule has 1 atom stereocenters. The smallest absolute Gasteiger partial charge is 0.240 e. The van der Waals surface area contributed by atoms with Crippen LogP contribution >= 0.6 is 11.8 Å². The fourth-order valence-corrected chi connectivity index (χ4v) is 5.73. The van der Waals surface area contributed by atoms with Gasteiger partial charge < -0.3 is 9.73 Å². The highest BCUT2D eigenvalue weighted by Gasteiger charge is 2.40. The van der Waals surface area contributed by atoms with E-state index in [4.69, 9.17) is 9.52 Å². The molecule has 5 rings (SSSR count). The summed E-state index contributed by atoms with van der Waals surface area (Å²) in [7, 11) is 0. The second-order valence-electron chi connectivity index (χ2n) is 10.3. The maximum atomic E-state index is 13.8. The molecule has 0 saturated heterocycles. The first kappa shape index (κ1) is 26.7. The predicted octanol–water partition coefficient (Wildman–Crippen LogP) is 5.53. The number of carbonyl (C=O) groups is 2. The number of anilines is 1.